The van der Waals surface area contributed by atoms with Gasteiger partial charge in [0.1, 0.15) is 0 Å². The third kappa shape index (κ3) is 2.92. The molecule has 0 amide bonds. The van der Waals surface area contributed by atoms with Crippen LogP contribution in [0.1, 0.15) is 19.3 Å². The molecule has 0 spiro atoms. The summed E-state index contributed by atoms with van der Waals surface area (Å²) in [5, 5.41) is 0.150. The fraction of sp³-hybridized carbons (Fsp3) is 1.00. The minimum Gasteiger partial charge on any atom is -0.213 e. The van der Waals surface area contributed by atoms with Crippen LogP contribution < -0.4 is 0 Å². The van der Waals surface area contributed by atoms with Crippen LogP contribution in [0, 0.1) is 0 Å². The highest BCUT2D eigenvalue weighted by Crippen LogP contribution is 2.17. The molecule has 0 N–H and O–H groups in total. The van der Waals surface area contributed by atoms with Gasteiger partial charge in [-0.3, -0.25) is 0 Å². The predicted molar refractivity (Wildman–Crippen MR) is 49.9 cm³/mol. The van der Waals surface area contributed by atoms with E-state index in [1.54, 1.807) is 0 Å². The zero-order chi connectivity index (χ0) is 9.19. The van der Waals surface area contributed by atoms with Gasteiger partial charge in [-0.15, -0.1) is 11.6 Å². The highest BCUT2D eigenvalue weighted by Gasteiger charge is 2.20. The maximum absolute atomic E-state index is 11.1. The van der Waals surface area contributed by atoms with Crippen LogP contribution in [-0.4, -0.2) is 37.4 Å². The lowest BCUT2D eigenvalue weighted by Gasteiger charge is -2.16. The van der Waals surface area contributed by atoms with Crippen LogP contribution in [0.5, 0.6) is 0 Å². The van der Waals surface area contributed by atoms with Gasteiger partial charge in [-0.05, 0) is 19.3 Å². The van der Waals surface area contributed by atoms with Crippen molar-refractivity contribution < 1.29 is 8.42 Å². The number of halogens is 1. The van der Waals surface area contributed by atoms with E-state index < -0.39 is 10.0 Å². The normalized spacial score (nSPS) is 28.3. The second-order valence-corrected chi connectivity index (χ2v) is 5.79. The molecular formula is C7H14ClNO2S. The summed E-state index contributed by atoms with van der Waals surface area (Å²) in [5.74, 6) is 0. The van der Waals surface area contributed by atoms with E-state index >= 15 is 0 Å². The quantitative estimate of drug-likeness (QED) is 0.608. The van der Waals surface area contributed by atoms with Crippen molar-refractivity contribution in [3.05, 3.63) is 0 Å². The predicted octanol–water partition coefficient (Wildman–Crippen LogP) is 1.04. The van der Waals surface area contributed by atoms with Gasteiger partial charge in [0.25, 0.3) is 0 Å². The van der Waals surface area contributed by atoms with E-state index in [1.165, 1.54) is 10.6 Å². The topological polar surface area (TPSA) is 37.4 Å². The average molecular weight is 212 g/mol. The summed E-state index contributed by atoms with van der Waals surface area (Å²) in [5.41, 5.74) is 0. The van der Waals surface area contributed by atoms with Crippen LogP contribution in [0.25, 0.3) is 0 Å². The molecule has 0 saturated carbocycles. The van der Waals surface area contributed by atoms with Crippen molar-refractivity contribution in [1.29, 1.82) is 0 Å². The zero-order valence-corrected chi connectivity index (χ0v) is 8.74. The molecule has 1 saturated heterocycles. The van der Waals surface area contributed by atoms with Crippen LogP contribution in [0.4, 0.5) is 0 Å². The second-order valence-electron chi connectivity index (χ2n) is 3.19. The Morgan fingerprint density at radius 3 is 2.58 bits per heavy atom. The lowest BCUT2D eigenvalue weighted by Crippen LogP contribution is -2.30. The molecule has 72 valence electrons. The summed E-state index contributed by atoms with van der Waals surface area (Å²) in [6, 6.07) is 0. The number of alkyl halides is 1. The van der Waals surface area contributed by atoms with E-state index in [-0.39, 0.29) is 5.38 Å². The van der Waals surface area contributed by atoms with Crippen molar-refractivity contribution in [1.82, 2.24) is 4.31 Å². The Bertz CT molecular complexity index is 240. The molecule has 0 bridgehead atoms. The van der Waals surface area contributed by atoms with Gasteiger partial charge in [0.2, 0.25) is 10.0 Å². The van der Waals surface area contributed by atoms with Crippen molar-refractivity contribution in [2.75, 3.05) is 19.3 Å². The maximum Gasteiger partial charge on any atom is 0.211 e. The number of rotatable bonds is 1. The summed E-state index contributed by atoms with van der Waals surface area (Å²) < 4.78 is 23.8. The molecule has 1 aliphatic heterocycles. The van der Waals surface area contributed by atoms with Crippen LogP contribution in [-0.2, 0) is 10.0 Å². The fourth-order valence-corrected chi connectivity index (χ4v) is 2.51. The van der Waals surface area contributed by atoms with Gasteiger partial charge in [0, 0.05) is 18.5 Å². The van der Waals surface area contributed by atoms with Crippen molar-refractivity contribution in [2.45, 2.75) is 24.6 Å². The maximum atomic E-state index is 11.1. The van der Waals surface area contributed by atoms with Crippen molar-refractivity contribution in [3.8, 4) is 0 Å². The Kier molecular flexibility index (Phi) is 3.37. The summed E-state index contributed by atoms with van der Waals surface area (Å²) in [7, 11) is -3.00. The van der Waals surface area contributed by atoms with Crippen LogP contribution in [0.2, 0.25) is 0 Å². The van der Waals surface area contributed by atoms with Crippen LogP contribution >= 0.6 is 11.6 Å². The van der Waals surface area contributed by atoms with E-state index in [0.29, 0.717) is 13.1 Å². The molecule has 0 aromatic carbocycles. The first-order chi connectivity index (χ1) is 5.50. The molecular weight excluding hydrogens is 198 g/mol. The van der Waals surface area contributed by atoms with E-state index in [9.17, 15) is 8.42 Å². The molecule has 5 heteroatoms. The first kappa shape index (κ1) is 10.3. The largest absolute Gasteiger partial charge is 0.213 e. The minimum atomic E-state index is -3.00. The van der Waals surface area contributed by atoms with Gasteiger partial charge in [0.15, 0.2) is 0 Å². The van der Waals surface area contributed by atoms with E-state index in [0.717, 1.165) is 19.3 Å². The first-order valence-corrected chi connectivity index (χ1v) is 6.38. The standard InChI is InChI=1S/C7H14ClNO2S/c1-12(10,11)9-5-2-3-7(8)4-6-9/h7H,2-6H2,1H3. The molecule has 3 nitrogen and oxygen atoms in total. The third-order valence-electron chi connectivity index (χ3n) is 2.09. The molecule has 0 aliphatic carbocycles. The summed E-state index contributed by atoms with van der Waals surface area (Å²) in [6.45, 7) is 1.20. The van der Waals surface area contributed by atoms with Gasteiger partial charge < -0.3 is 0 Å². The molecule has 1 aliphatic rings. The summed E-state index contributed by atoms with van der Waals surface area (Å²) in [4.78, 5) is 0. The van der Waals surface area contributed by atoms with E-state index in [2.05, 4.69) is 0 Å². The van der Waals surface area contributed by atoms with Crippen molar-refractivity contribution in [3.63, 3.8) is 0 Å². The molecule has 1 fully saturated rings. The Balaban J connectivity index is 2.58. The second kappa shape index (κ2) is 3.94. The van der Waals surface area contributed by atoms with Gasteiger partial charge in [-0.1, -0.05) is 0 Å². The number of hydrogen-bond donors (Lipinski definition) is 0. The van der Waals surface area contributed by atoms with Crippen molar-refractivity contribution >= 4 is 21.6 Å². The van der Waals surface area contributed by atoms with Gasteiger partial charge in [-0.2, -0.15) is 0 Å². The number of nitrogens with zero attached hydrogens (tertiary/aromatic N) is 1. The highest BCUT2D eigenvalue weighted by molar-refractivity contribution is 7.88. The van der Waals surface area contributed by atoms with E-state index in [1.807, 2.05) is 0 Å². The van der Waals surface area contributed by atoms with E-state index in [4.69, 9.17) is 11.6 Å². The van der Waals surface area contributed by atoms with Crippen LogP contribution in [0.3, 0.4) is 0 Å². The van der Waals surface area contributed by atoms with Gasteiger partial charge >= 0.3 is 0 Å². The Morgan fingerprint density at radius 2 is 2.00 bits per heavy atom. The van der Waals surface area contributed by atoms with Gasteiger partial charge in [-0.25, -0.2) is 12.7 Å². The lowest BCUT2D eigenvalue weighted by molar-refractivity contribution is 0.428. The monoisotopic (exact) mass is 211 g/mol. The molecule has 0 aromatic heterocycles. The molecule has 0 radical (unpaired) electrons. The first-order valence-electron chi connectivity index (χ1n) is 4.09. The smallest absolute Gasteiger partial charge is 0.211 e. The number of hydrogen-bond acceptors (Lipinski definition) is 2. The Morgan fingerprint density at radius 1 is 1.33 bits per heavy atom. The summed E-state index contributed by atoms with van der Waals surface area (Å²) in [6.07, 6.45) is 3.82. The molecule has 1 heterocycles. The van der Waals surface area contributed by atoms with Crippen molar-refractivity contribution in [2.24, 2.45) is 0 Å². The Hall–Kier alpha value is 0.200. The number of sulfonamides is 1. The fourth-order valence-electron chi connectivity index (χ4n) is 1.36. The Labute approximate surface area is 78.7 Å². The molecule has 1 unspecified atom stereocenters. The summed E-state index contributed by atoms with van der Waals surface area (Å²) >= 11 is 5.91. The minimum absolute atomic E-state index is 0.150. The molecule has 1 atom stereocenters. The molecule has 12 heavy (non-hydrogen) atoms. The molecule has 0 aromatic rings. The highest BCUT2D eigenvalue weighted by atomic mass is 35.5. The average Bonchev–Trinajstić information content (AvgIpc) is 2.11. The van der Waals surface area contributed by atoms with Gasteiger partial charge in [0.05, 0.1) is 6.26 Å². The zero-order valence-electron chi connectivity index (χ0n) is 7.16. The van der Waals surface area contributed by atoms with Crippen LogP contribution in [0.15, 0.2) is 0 Å². The molecule has 1 rings (SSSR count). The SMILES string of the molecule is CS(=O)(=O)N1CCCC(Cl)CC1. The lowest BCUT2D eigenvalue weighted by atomic mass is 10.2. The third-order valence-corrected chi connectivity index (χ3v) is 3.83.